The van der Waals surface area contributed by atoms with Crippen molar-refractivity contribution in [3.8, 4) is 0 Å². The molecule has 6 nitrogen and oxygen atoms in total. The van der Waals surface area contributed by atoms with Crippen LogP contribution >= 0.6 is 0 Å². The average molecular weight is 349 g/mol. The smallest absolute Gasteiger partial charge is 0.338 e. The van der Waals surface area contributed by atoms with Crippen LogP contribution in [0.5, 0.6) is 0 Å². The molecule has 0 spiro atoms. The second-order valence-corrected chi connectivity index (χ2v) is 6.14. The van der Waals surface area contributed by atoms with Crippen molar-refractivity contribution in [3.63, 3.8) is 0 Å². The van der Waals surface area contributed by atoms with Crippen LogP contribution in [0.2, 0.25) is 0 Å². The molecule has 0 aliphatic carbocycles. The summed E-state index contributed by atoms with van der Waals surface area (Å²) in [7, 11) is 0. The van der Waals surface area contributed by atoms with Crippen molar-refractivity contribution < 1.29 is 23.5 Å². The number of aromatic carboxylic acids is 1. The summed E-state index contributed by atoms with van der Waals surface area (Å²) in [6, 6.07) is 1.73. The number of benzene rings is 1. The van der Waals surface area contributed by atoms with E-state index in [0.29, 0.717) is 13.0 Å². The van der Waals surface area contributed by atoms with Gasteiger partial charge in [0.05, 0.1) is 23.4 Å². The minimum absolute atomic E-state index is 0.0649. The third-order valence-corrected chi connectivity index (χ3v) is 4.39. The van der Waals surface area contributed by atoms with Crippen molar-refractivity contribution in [1.82, 2.24) is 14.7 Å². The molecular formula is C17H17F2N3O3. The maximum absolute atomic E-state index is 14.1. The molecule has 1 amide bonds. The molecule has 1 aromatic carbocycles. The van der Waals surface area contributed by atoms with E-state index in [2.05, 4.69) is 5.10 Å². The van der Waals surface area contributed by atoms with Gasteiger partial charge < -0.3 is 10.0 Å². The Labute approximate surface area is 142 Å². The number of nitrogens with zero attached hydrogens (tertiary/aromatic N) is 3. The van der Waals surface area contributed by atoms with E-state index < -0.39 is 23.5 Å². The second-order valence-electron chi connectivity index (χ2n) is 6.14. The number of rotatable bonds is 3. The fourth-order valence-electron chi connectivity index (χ4n) is 2.98. The van der Waals surface area contributed by atoms with Gasteiger partial charge in [-0.3, -0.25) is 9.48 Å². The Kier molecular flexibility index (Phi) is 4.52. The van der Waals surface area contributed by atoms with Gasteiger partial charge in [-0.25, -0.2) is 13.6 Å². The van der Waals surface area contributed by atoms with Crippen molar-refractivity contribution in [3.05, 3.63) is 52.9 Å². The van der Waals surface area contributed by atoms with Crippen LogP contribution in [-0.4, -0.2) is 44.8 Å². The number of carbonyl (C=O) groups excluding carboxylic acids is 1. The molecule has 0 saturated carbocycles. The number of aromatic nitrogens is 2. The number of hydrogen-bond donors (Lipinski definition) is 1. The van der Waals surface area contributed by atoms with Gasteiger partial charge >= 0.3 is 5.97 Å². The lowest BCUT2D eigenvalue weighted by Gasteiger charge is -2.33. The summed E-state index contributed by atoms with van der Waals surface area (Å²) >= 11 is 0. The maximum atomic E-state index is 14.1. The van der Waals surface area contributed by atoms with Crippen molar-refractivity contribution in [2.24, 2.45) is 0 Å². The van der Waals surface area contributed by atoms with Crippen molar-refractivity contribution >= 4 is 11.9 Å². The Morgan fingerprint density at radius 2 is 2.04 bits per heavy atom. The molecule has 2 aromatic rings. The van der Waals surface area contributed by atoms with Gasteiger partial charge in [0.25, 0.3) is 5.91 Å². The number of halogens is 2. The Bertz CT molecular complexity index is 835. The number of amides is 1. The minimum atomic E-state index is -1.08. The molecule has 1 saturated heterocycles. The van der Waals surface area contributed by atoms with Gasteiger partial charge in [-0.2, -0.15) is 5.10 Å². The first-order valence-corrected chi connectivity index (χ1v) is 7.89. The number of piperidine rings is 1. The number of carboxylic acid groups (broad SMARTS) is 1. The van der Waals surface area contributed by atoms with E-state index in [-0.39, 0.29) is 29.3 Å². The van der Waals surface area contributed by atoms with Crippen LogP contribution in [0.15, 0.2) is 24.5 Å². The van der Waals surface area contributed by atoms with E-state index in [0.717, 1.165) is 18.6 Å². The third-order valence-electron chi connectivity index (χ3n) is 4.39. The van der Waals surface area contributed by atoms with Crippen LogP contribution in [0, 0.1) is 18.6 Å². The van der Waals surface area contributed by atoms with Crippen LogP contribution < -0.4 is 0 Å². The molecule has 1 aliphatic heterocycles. The Balaban J connectivity index is 1.80. The zero-order valence-electron chi connectivity index (χ0n) is 13.6. The summed E-state index contributed by atoms with van der Waals surface area (Å²) in [5, 5.41) is 13.0. The second kappa shape index (κ2) is 6.62. The highest BCUT2D eigenvalue weighted by Gasteiger charge is 2.28. The first-order chi connectivity index (χ1) is 11.9. The molecule has 1 atom stereocenters. The standard InChI is InChI=1S/C17H17F2N3O3/c1-10-5-15(19)13(6-14(10)18)16(23)21-4-2-3-12(9-21)22-8-11(7-20-22)17(24)25/h5-8,12H,2-4,9H2,1H3,(H,24,25)/t12-/m0/s1. The molecule has 0 radical (unpaired) electrons. The van der Waals surface area contributed by atoms with Gasteiger partial charge in [0.15, 0.2) is 0 Å². The summed E-state index contributed by atoms with van der Waals surface area (Å²) in [4.78, 5) is 25.0. The topological polar surface area (TPSA) is 75.4 Å². The number of hydrogen-bond acceptors (Lipinski definition) is 3. The van der Waals surface area contributed by atoms with Crippen LogP contribution in [0.1, 0.15) is 45.2 Å². The fourth-order valence-corrected chi connectivity index (χ4v) is 2.98. The molecule has 132 valence electrons. The highest BCUT2D eigenvalue weighted by atomic mass is 19.1. The lowest BCUT2D eigenvalue weighted by molar-refractivity contribution is 0.0661. The molecule has 3 rings (SSSR count). The van der Waals surface area contributed by atoms with E-state index in [1.807, 2.05) is 0 Å². The zero-order chi connectivity index (χ0) is 18.1. The molecule has 25 heavy (non-hydrogen) atoms. The van der Waals surface area contributed by atoms with Crippen molar-refractivity contribution in [2.75, 3.05) is 13.1 Å². The Morgan fingerprint density at radius 3 is 2.72 bits per heavy atom. The van der Waals surface area contributed by atoms with E-state index in [4.69, 9.17) is 5.11 Å². The molecule has 1 fully saturated rings. The average Bonchev–Trinajstić information content (AvgIpc) is 3.08. The van der Waals surface area contributed by atoms with E-state index in [1.165, 1.54) is 28.9 Å². The van der Waals surface area contributed by atoms with E-state index in [1.54, 1.807) is 0 Å². The predicted molar refractivity (Wildman–Crippen MR) is 84.5 cm³/mol. The molecule has 8 heteroatoms. The number of carbonyl (C=O) groups is 2. The molecule has 0 bridgehead atoms. The van der Waals surface area contributed by atoms with Gasteiger partial charge in [0.2, 0.25) is 0 Å². The Hall–Kier alpha value is -2.77. The van der Waals surface area contributed by atoms with E-state index in [9.17, 15) is 18.4 Å². The number of aryl methyl sites for hydroxylation is 1. The number of carboxylic acids is 1. The van der Waals surface area contributed by atoms with Crippen LogP contribution in [0.3, 0.4) is 0 Å². The van der Waals surface area contributed by atoms with Gasteiger partial charge in [-0.05, 0) is 37.5 Å². The van der Waals surface area contributed by atoms with Gasteiger partial charge in [-0.15, -0.1) is 0 Å². The maximum Gasteiger partial charge on any atom is 0.338 e. The highest BCUT2D eigenvalue weighted by Crippen LogP contribution is 2.24. The lowest BCUT2D eigenvalue weighted by Crippen LogP contribution is -2.41. The van der Waals surface area contributed by atoms with Crippen molar-refractivity contribution in [1.29, 1.82) is 0 Å². The highest BCUT2D eigenvalue weighted by molar-refractivity contribution is 5.94. The molecule has 0 unspecified atom stereocenters. The summed E-state index contributed by atoms with van der Waals surface area (Å²) < 4.78 is 29.3. The van der Waals surface area contributed by atoms with Crippen LogP contribution in [0.25, 0.3) is 0 Å². The summed E-state index contributed by atoms with van der Waals surface area (Å²) in [5.74, 6) is -3.03. The fraction of sp³-hybridized carbons (Fsp3) is 0.353. The van der Waals surface area contributed by atoms with Crippen molar-refractivity contribution in [2.45, 2.75) is 25.8 Å². The summed E-state index contributed by atoms with van der Waals surface area (Å²) in [5.41, 5.74) is -0.0890. The predicted octanol–water partition coefficient (Wildman–Crippen LogP) is 2.65. The lowest BCUT2D eigenvalue weighted by atomic mass is 10.0. The van der Waals surface area contributed by atoms with Crippen LogP contribution in [-0.2, 0) is 0 Å². The SMILES string of the molecule is Cc1cc(F)c(C(=O)N2CCC[C@H](n3cc(C(=O)O)cn3)C2)cc1F. The molecular weight excluding hydrogens is 332 g/mol. The Morgan fingerprint density at radius 1 is 1.28 bits per heavy atom. The monoisotopic (exact) mass is 349 g/mol. The first-order valence-electron chi connectivity index (χ1n) is 7.89. The summed E-state index contributed by atoms with van der Waals surface area (Å²) in [6.45, 7) is 2.12. The zero-order valence-corrected chi connectivity index (χ0v) is 13.6. The first kappa shape index (κ1) is 17.1. The quantitative estimate of drug-likeness (QED) is 0.924. The van der Waals surface area contributed by atoms with Gasteiger partial charge in [-0.1, -0.05) is 0 Å². The molecule has 1 N–H and O–H groups in total. The largest absolute Gasteiger partial charge is 0.478 e. The minimum Gasteiger partial charge on any atom is -0.478 e. The third kappa shape index (κ3) is 3.38. The normalized spacial score (nSPS) is 17.6. The summed E-state index contributed by atoms with van der Waals surface area (Å²) in [6.07, 6.45) is 4.04. The van der Waals surface area contributed by atoms with Crippen LogP contribution in [0.4, 0.5) is 8.78 Å². The van der Waals surface area contributed by atoms with Gasteiger partial charge in [0, 0.05) is 19.3 Å². The number of likely N-dealkylation sites (tertiary alicyclic amines) is 1. The van der Waals surface area contributed by atoms with Gasteiger partial charge in [0.1, 0.15) is 11.6 Å². The molecule has 1 aromatic heterocycles. The van der Waals surface area contributed by atoms with E-state index >= 15 is 0 Å². The molecule has 1 aliphatic rings. The molecule has 2 heterocycles.